The molecule has 2 nitrogen and oxygen atoms in total. The van der Waals surface area contributed by atoms with Gasteiger partial charge in [0.1, 0.15) is 20.7 Å². The van der Waals surface area contributed by atoms with Crippen molar-refractivity contribution in [1.82, 2.24) is 0 Å². The van der Waals surface area contributed by atoms with Gasteiger partial charge in [0.15, 0.2) is 0 Å². The lowest BCUT2D eigenvalue weighted by Gasteiger charge is -2.28. The number of furan rings is 1. The Morgan fingerprint density at radius 2 is 1.21 bits per heavy atom. The summed E-state index contributed by atoms with van der Waals surface area (Å²) < 4.78 is 6.47. The first-order chi connectivity index (χ1) is 21.3. The molecule has 1 aromatic heterocycles. The summed E-state index contributed by atoms with van der Waals surface area (Å²) in [4.78, 5) is 2.40. The Labute approximate surface area is 252 Å². The number of nitrogens with zero attached hydrogens (tertiary/aromatic N) is 1. The molecule has 0 saturated heterocycles. The topological polar surface area (TPSA) is 16.4 Å². The lowest BCUT2D eigenvalue weighted by atomic mass is 9.95. The Kier molecular flexibility index (Phi) is 5.40. The van der Waals surface area contributed by atoms with Crippen molar-refractivity contribution in [2.75, 3.05) is 4.90 Å². The van der Waals surface area contributed by atoms with Crippen molar-refractivity contribution in [2.45, 2.75) is 0 Å². The van der Waals surface area contributed by atoms with E-state index < -0.39 is 0 Å². The molecule has 1 aliphatic heterocycles. The molecule has 0 saturated carbocycles. The largest absolute Gasteiger partial charge is 0.455 e. The van der Waals surface area contributed by atoms with Crippen molar-refractivity contribution in [3.05, 3.63) is 152 Å². The van der Waals surface area contributed by atoms with E-state index in [0.717, 1.165) is 33.3 Å². The van der Waals surface area contributed by atoms with Gasteiger partial charge in [0, 0.05) is 33.1 Å². The fourth-order valence-corrected chi connectivity index (χ4v) is 8.03. The summed E-state index contributed by atoms with van der Waals surface area (Å²) in [5.41, 5.74) is 10.4. The molecule has 1 aliphatic rings. The predicted octanol–water partition coefficient (Wildman–Crippen LogP) is 9.51. The average molecular weight is 564 g/mol. The van der Waals surface area contributed by atoms with Gasteiger partial charge in [0.05, 0.1) is 5.69 Å². The molecule has 3 heteroatoms. The summed E-state index contributed by atoms with van der Waals surface area (Å²) in [5, 5.41) is 7.46. The molecule has 0 aliphatic carbocycles. The van der Waals surface area contributed by atoms with Crippen LogP contribution in [0, 0.1) is 0 Å². The quantitative estimate of drug-likeness (QED) is 0.198. The molecule has 2 heterocycles. The third-order valence-electron chi connectivity index (χ3n) is 8.57. The van der Waals surface area contributed by atoms with Gasteiger partial charge in [-0.05, 0) is 69.7 Å². The molecule has 2 radical (unpaired) electrons. The molecule has 0 spiro atoms. The molecule has 0 fully saturated rings. The van der Waals surface area contributed by atoms with Crippen molar-refractivity contribution in [2.24, 2.45) is 0 Å². The van der Waals surface area contributed by atoms with Crippen molar-refractivity contribution in [3.63, 3.8) is 0 Å². The molecule has 200 valence electrons. The van der Waals surface area contributed by atoms with Crippen molar-refractivity contribution in [1.29, 1.82) is 0 Å². The van der Waals surface area contributed by atoms with Crippen LogP contribution in [-0.4, -0.2) is 9.52 Å². The van der Waals surface area contributed by atoms with Gasteiger partial charge in [0.2, 0.25) is 0 Å². The van der Waals surface area contributed by atoms with Gasteiger partial charge >= 0.3 is 0 Å². The minimum Gasteiger partial charge on any atom is -0.455 e. The van der Waals surface area contributed by atoms with E-state index in [0.29, 0.717) is 9.52 Å². The first kappa shape index (κ1) is 24.2. The zero-order chi connectivity index (χ0) is 28.3. The highest BCUT2D eigenvalue weighted by Crippen LogP contribution is 2.44. The van der Waals surface area contributed by atoms with Crippen molar-refractivity contribution >= 4 is 69.7 Å². The number of rotatable bonds is 4. The van der Waals surface area contributed by atoms with Gasteiger partial charge < -0.3 is 9.32 Å². The number of anilines is 3. The van der Waals surface area contributed by atoms with Crippen LogP contribution >= 0.6 is 0 Å². The van der Waals surface area contributed by atoms with E-state index in [1.807, 2.05) is 6.07 Å². The van der Waals surface area contributed by atoms with Gasteiger partial charge in [-0.1, -0.05) is 114 Å². The molecular formula is C40H25NOSi. The Morgan fingerprint density at radius 3 is 2.09 bits per heavy atom. The second-order valence-electron chi connectivity index (χ2n) is 11.0. The van der Waals surface area contributed by atoms with Gasteiger partial charge in [-0.25, -0.2) is 0 Å². The number of fused-ring (bicyclic) bond motifs is 8. The van der Waals surface area contributed by atoms with Crippen molar-refractivity contribution < 1.29 is 4.42 Å². The summed E-state index contributed by atoms with van der Waals surface area (Å²) in [6, 6.07) is 54.5. The Bertz CT molecular complexity index is 2320. The molecule has 8 aromatic rings. The summed E-state index contributed by atoms with van der Waals surface area (Å²) in [6.45, 7) is 0. The zero-order valence-corrected chi connectivity index (χ0v) is 24.3. The summed E-state index contributed by atoms with van der Waals surface area (Å²) in [6.07, 6.45) is 0. The highest BCUT2D eigenvalue weighted by Gasteiger charge is 2.26. The maximum absolute atomic E-state index is 6.47. The first-order valence-electron chi connectivity index (χ1n) is 14.6. The highest BCUT2D eigenvalue weighted by atomic mass is 28.2. The molecule has 0 bridgehead atoms. The average Bonchev–Trinajstić information content (AvgIpc) is 3.65. The molecular weight excluding hydrogens is 539 g/mol. The van der Waals surface area contributed by atoms with Crippen molar-refractivity contribution in [3.8, 4) is 22.3 Å². The Hall–Kier alpha value is -5.38. The van der Waals surface area contributed by atoms with Crippen LogP contribution < -0.4 is 15.3 Å². The van der Waals surface area contributed by atoms with Crippen LogP contribution in [0.5, 0.6) is 0 Å². The van der Waals surface area contributed by atoms with Gasteiger partial charge in [-0.15, -0.1) is 0 Å². The summed E-state index contributed by atoms with van der Waals surface area (Å²) in [5.74, 6) is 0. The summed E-state index contributed by atoms with van der Waals surface area (Å²) in [7, 11) is 0.676. The summed E-state index contributed by atoms with van der Waals surface area (Å²) >= 11 is 0. The fourth-order valence-electron chi connectivity index (χ4n) is 6.65. The van der Waals surface area contributed by atoms with E-state index in [1.165, 1.54) is 49.1 Å². The molecule has 0 N–H and O–H groups in total. The van der Waals surface area contributed by atoms with E-state index >= 15 is 0 Å². The van der Waals surface area contributed by atoms with E-state index in [-0.39, 0.29) is 0 Å². The van der Waals surface area contributed by atoms with Crippen LogP contribution in [0.1, 0.15) is 0 Å². The second-order valence-corrected chi connectivity index (χ2v) is 12.4. The zero-order valence-electron chi connectivity index (χ0n) is 23.3. The van der Waals surface area contributed by atoms with Crippen LogP contribution in [0.15, 0.2) is 156 Å². The van der Waals surface area contributed by atoms with E-state index in [4.69, 9.17) is 4.42 Å². The SMILES string of the molecule is c1ccc(N(c2ccc(-c3cc4ccccc4c4oc5ccccc5c34)cc2)c2cccc3c2-c2ccccc2[Si]3)cc1. The van der Waals surface area contributed by atoms with Gasteiger partial charge in [0.25, 0.3) is 0 Å². The number of hydrogen-bond acceptors (Lipinski definition) is 2. The molecule has 0 unspecified atom stereocenters. The molecule has 0 amide bonds. The van der Waals surface area contributed by atoms with Gasteiger partial charge in [-0.2, -0.15) is 0 Å². The monoisotopic (exact) mass is 563 g/mol. The highest BCUT2D eigenvalue weighted by molar-refractivity contribution is 6.73. The maximum Gasteiger partial charge on any atom is 0.143 e. The van der Waals surface area contributed by atoms with Crippen LogP contribution in [-0.2, 0) is 0 Å². The molecule has 43 heavy (non-hydrogen) atoms. The third-order valence-corrected chi connectivity index (χ3v) is 9.96. The third kappa shape index (κ3) is 3.79. The van der Waals surface area contributed by atoms with E-state index in [9.17, 15) is 0 Å². The van der Waals surface area contributed by atoms with Crippen LogP contribution in [0.3, 0.4) is 0 Å². The number of benzene rings is 7. The normalized spacial score (nSPS) is 12.1. The predicted molar refractivity (Wildman–Crippen MR) is 182 cm³/mol. The fraction of sp³-hybridized carbons (Fsp3) is 0. The molecule has 9 rings (SSSR count). The van der Waals surface area contributed by atoms with Crippen LogP contribution in [0.2, 0.25) is 0 Å². The maximum atomic E-state index is 6.47. The number of para-hydroxylation sites is 2. The standard InChI is InChI=1S/C40H25NOSi/c1-2-12-28(13-3-1)41(34-17-10-20-37-39(34)32-16-7-9-19-36(32)43-37)29-23-21-26(22-24-29)33-25-27-11-4-5-14-30(27)40-38(33)31-15-6-8-18-35(31)42-40/h1-25H. The lowest BCUT2D eigenvalue weighted by Crippen LogP contribution is -2.21. The minimum atomic E-state index is 0.676. The Balaban J connectivity index is 1.24. The Morgan fingerprint density at radius 1 is 0.512 bits per heavy atom. The van der Waals surface area contributed by atoms with E-state index in [2.05, 4.69) is 150 Å². The molecule has 7 aromatic carbocycles. The minimum absolute atomic E-state index is 0.676. The van der Waals surface area contributed by atoms with Gasteiger partial charge in [-0.3, -0.25) is 0 Å². The number of hydrogen-bond donors (Lipinski definition) is 0. The lowest BCUT2D eigenvalue weighted by molar-refractivity contribution is 0.673. The van der Waals surface area contributed by atoms with Crippen LogP contribution in [0.4, 0.5) is 17.1 Å². The first-order valence-corrected chi connectivity index (χ1v) is 15.6. The molecule has 0 atom stereocenters. The smallest absolute Gasteiger partial charge is 0.143 e. The van der Waals surface area contributed by atoms with E-state index in [1.54, 1.807) is 0 Å². The second kappa shape index (κ2) is 9.58. The van der Waals surface area contributed by atoms with Crippen LogP contribution in [0.25, 0.3) is 55.0 Å².